The Bertz CT molecular complexity index is 1400. The number of benzene rings is 2. The molecular weight excluding hydrogens is 514 g/mol. The van der Waals surface area contributed by atoms with E-state index >= 15 is 0 Å². The molecule has 41 heavy (non-hydrogen) atoms. The SMILES string of the molecule is C=CC(=O)Nc1cc(Nc2nccc(C3CN(C(C)C4CC4)c4ccccc43)n2)c(OC)cc1N(C)CCN(C)C. The van der Waals surface area contributed by atoms with Gasteiger partial charge in [-0.15, -0.1) is 0 Å². The van der Waals surface area contributed by atoms with Crippen molar-refractivity contribution >= 4 is 34.6 Å². The molecule has 0 radical (unpaired) electrons. The first-order valence-electron chi connectivity index (χ1n) is 14.3. The highest BCUT2D eigenvalue weighted by Gasteiger charge is 2.38. The molecule has 1 aliphatic carbocycles. The molecule has 0 saturated heterocycles. The normalized spacial score (nSPS) is 16.7. The Morgan fingerprint density at radius 2 is 1.95 bits per heavy atom. The van der Waals surface area contributed by atoms with Gasteiger partial charge in [-0.2, -0.15) is 0 Å². The number of hydrogen-bond donors (Lipinski definition) is 2. The molecule has 3 aromatic rings. The number of fused-ring (bicyclic) bond motifs is 1. The molecule has 9 nitrogen and oxygen atoms in total. The Balaban J connectivity index is 1.44. The fourth-order valence-electron chi connectivity index (χ4n) is 5.56. The zero-order valence-electron chi connectivity index (χ0n) is 24.7. The molecule has 2 aliphatic rings. The molecule has 9 heteroatoms. The summed E-state index contributed by atoms with van der Waals surface area (Å²) in [6.45, 7) is 8.49. The van der Waals surface area contributed by atoms with E-state index in [1.165, 1.54) is 30.2 Å². The molecule has 1 aromatic heterocycles. The highest BCUT2D eigenvalue weighted by atomic mass is 16.5. The summed E-state index contributed by atoms with van der Waals surface area (Å²) in [5.74, 6) is 1.75. The highest BCUT2D eigenvalue weighted by Crippen LogP contribution is 2.45. The molecule has 2 unspecified atom stereocenters. The number of nitrogens with zero attached hydrogens (tertiary/aromatic N) is 5. The van der Waals surface area contributed by atoms with Crippen LogP contribution in [0.4, 0.5) is 28.7 Å². The number of amides is 1. The van der Waals surface area contributed by atoms with Gasteiger partial charge in [-0.1, -0.05) is 24.8 Å². The van der Waals surface area contributed by atoms with E-state index in [9.17, 15) is 4.79 Å². The Morgan fingerprint density at radius 3 is 2.66 bits per heavy atom. The summed E-state index contributed by atoms with van der Waals surface area (Å²) in [6.07, 6.45) is 5.69. The molecule has 0 spiro atoms. The zero-order valence-corrected chi connectivity index (χ0v) is 24.7. The van der Waals surface area contributed by atoms with Gasteiger partial charge in [-0.25, -0.2) is 9.97 Å². The van der Waals surface area contributed by atoms with Crippen LogP contribution in [-0.2, 0) is 4.79 Å². The molecule has 2 aromatic carbocycles. The van der Waals surface area contributed by atoms with Crippen molar-refractivity contribution < 1.29 is 9.53 Å². The molecule has 2 N–H and O–H groups in total. The highest BCUT2D eigenvalue weighted by molar-refractivity contribution is 6.02. The summed E-state index contributed by atoms with van der Waals surface area (Å²) >= 11 is 0. The van der Waals surface area contributed by atoms with Crippen molar-refractivity contribution in [3.8, 4) is 5.75 Å². The van der Waals surface area contributed by atoms with Gasteiger partial charge >= 0.3 is 0 Å². The number of rotatable bonds is 12. The minimum absolute atomic E-state index is 0.160. The molecule has 5 rings (SSSR count). The number of aromatic nitrogens is 2. The summed E-state index contributed by atoms with van der Waals surface area (Å²) in [7, 11) is 7.69. The van der Waals surface area contributed by atoms with Gasteiger partial charge in [0.05, 0.1) is 29.9 Å². The van der Waals surface area contributed by atoms with Crippen LogP contribution in [0.25, 0.3) is 0 Å². The van der Waals surface area contributed by atoms with Crippen molar-refractivity contribution in [3.63, 3.8) is 0 Å². The Kier molecular flexibility index (Phi) is 8.44. The summed E-state index contributed by atoms with van der Waals surface area (Å²) in [4.78, 5) is 28.6. The number of carbonyl (C=O) groups is 1. The van der Waals surface area contributed by atoms with Crippen LogP contribution in [0.3, 0.4) is 0 Å². The number of anilines is 5. The minimum Gasteiger partial charge on any atom is -0.494 e. The lowest BCUT2D eigenvalue weighted by molar-refractivity contribution is -0.111. The Labute approximate surface area is 243 Å². The van der Waals surface area contributed by atoms with E-state index in [0.29, 0.717) is 29.1 Å². The largest absolute Gasteiger partial charge is 0.494 e. The number of methoxy groups -OCH3 is 1. The van der Waals surface area contributed by atoms with Gasteiger partial charge < -0.3 is 30.1 Å². The number of hydrogen-bond acceptors (Lipinski definition) is 8. The smallest absolute Gasteiger partial charge is 0.247 e. The lowest BCUT2D eigenvalue weighted by atomic mass is 9.98. The molecule has 1 saturated carbocycles. The summed E-state index contributed by atoms with van der Waals surface area (Å²) in [5.41, 5.74) is 5.73. The second-order valence-corrected chi connectivity index (χ2v) is 11.3. The van der Waals surface area contributed by atoms with Crippen LogP contribution < -0.4 is 25.2 Å². The monoisotopic (exact) mass is 555 g/mol. The van der Waals surface area contributed by atoms with Crippen molar-refractivity contribution in [3.05, 3.63) is 72.6 Å². The first-order valence-corrected chi connectivity index (χ1v) is 14.3. The third kappa shape index (κ3) is 6.30. The van der Waals surface area contributed by atoms with Crippen LogP contribution in [-0.4, -0.2) is 74.7 Å². The fourth-order valence-corrected chi connectivity index (χ4v) is 5.56. The number of para-hydroxylation sites is 1. The number of likely N-dealkylation sites (N-methyl/N-ethyl adjacent to an activating group) is 2. The minimum atomic E-state index is -0.286. The molecule has 1 fully saturated rings. The third-order valence-electron chi connectivity index (χ3n) is 8.13. The van der Waals surface area contributed by atoms with Gasteiger partial charge in [0.1, 0.15) is 5.75 Å². The van der Waals surface area contributed by atoms with Gasteiger partial charge in [0.15, 0.2) is 0 Å². The van der Waals surface area contributed by atoms with Gasteiger partial charge in [0.2, 0.25) is 11.9 Å². The maximum atomic E-state index is 12.3. The van der Waals surface area contributed by atoms with Crippen molar-refractivity contribution in [1.82, 2.24) is 14.9 Å². The van der Waals surface area contributed by atoms with Crippen LogP contribution in [0, 0.1) is 5.92 Å². The summed E-state index contributed by atoms with van der Waals surface area (Å²) < 4.78 is 5.77. The Morgan fingerprint density at radius 1 is 1.17 bits per heavy atom. The molecule has 2 heterocycles. The topological polar surface area (TPSA) is 85.9 Å². The molecular formula is C32H41N7O2. The summed E-state index contributed by atoms with van der Waals surface area (Å²) in [5, 5.41) is 6.31. The number of ether oxygens (including phenoxy) is 1. The van der Waals surface area contributed by atoms with Crippen molar-refractivity contribution in [2.75, 3.05) is 68.3 Å². The van der Waals surface area contributed by atoms with Crippen LogP contribution in [0.2, 0.25) is 0 Å². The lowest BCUT2D eigenvalue weighted by Crippen LogP contribution is -2.33. The quantitative estimate of drug-likeness (QED) is 0.299. The molecule has 1 amide bonds. The van der Waals surface area contributed by atoms with Crippen LogP contribution in [0.1, 0.15) is 36.9 Å². The van der Waals surface area contributed by atoms with Gasteiger partial charge in [0.25, 0.3) is 0 Å². The summed E-state index contributed by atoms with van der Waals surface area (Å²) in [6, 6.07) is 15.0. The van der Waals surface area contributed by atoms with E-state index in [4.69, 9.17) is 9.72 Å². The van der Waals surface area contributed by atoms with Crippen LogP contribution in [0.15, 0.2) is 61.3 Å². The van der Waals surface area contributed by atoms with Crippen molar-refractivity contribution in [2.45, 2.75) is 31.7 Å². The fraction of sp³-hybridized carbons (Fsp3) is 0.406. The zero-order chi connectivity index (χ0) is 29.1. The maximum Gasteiger partial charge on any atom is 0.247 e. The second kappa shape index (κ2) is 12.2. The van der Waals surface area contributed by atoms with Crippen molar-refractivity contribution in [1.29, 1.82) is 0 Å². The standard InChI is InChI=1S/C32H41N7O2/c1-7-31(40)34-26-18-27(30(41-6)19-29(26)38(5)17-16-37(3)4)36-32-33-15-14-25(35-32)24-20-39(21(2)22-12-13-22)28-11-9-8-10-23(24)28/h7-11,14-15,18-19,21-22,24H,1,12-13,16-17,20H2,2-6H3,(H,34,40)(H,33,35,36). The van der Waals surface area contributed by atoms with E-state index in [-0.39, 0.29) is 11.8 Å². The van der Waals surface area contributed by atoms with Gasteiger partial charge in [-0.3, -0.25) is 4.79 Å². The molecule has 2 atom stereocenters. The second-order valence-electron chi connectivity index (χ2n) is 11.3. The number of nitrogens with one attached hydrogen (secondary N) is 2. The van der Waals surface area contributed by atoms with E-state index in [2.05, 4.69) is 68.1 Å². The molecule has 1 aliphatic heterocycles. The molecule has 0 bridgehead atoms. The van der Waals surface area contributed by atoms with Crippen LogP contribution >= 0.6 is 0 Å². The third-order valence-corrected chi connectivity index (χ3v) is 8.13. The average molecular weight is 556 g/mol. The molecule has 216 valence electrons. The Hall–Kier alpha value is -4.11. The first-order chi connectivity index (χ1) is 19.8. The van der Waals surface area contributed by atoms with E-state index in [1.54, 1.807) is 13.3 Å². The first kappa shape index (κ1) is 28.4. The van der Waals surface area contributed by atoms with Crippen LogP contribution in [0.5, 0.6) is 5.75 Å². The number of carbonyl (C=O) groups excluding carboxylic acids is 1. The maximum absolute atomic E-state index is 12.3. The predicted octanol–water partition coefficient (Wildman–Crippen LogP) is 5.10. The predicted molar refractivity (Wildman–Crippen MR) is 167 cm³/mol. The van der Waals surface area contributed by atoms with E-state index < -0.39 is 0 Å². The van der Waals surface area contributed by atoms with Crippen molar-refractivity contribution in [2.24, 2.45) is 5.92 Å². The lowest BCUT2D eigenvalue weighted by Gasteiger charge is -2.27. The van der Waals surface area contributed by atoms with Gasteiger partial charge in [0, 0.05) is 56.6 Å². The average Bonchev–Trinajstić information content (AvgIpc) is 3.76. The van der Waals surface area contributed by atoms with Gasteiger partial charge in [-0.05, 0) is 69.6 Å². The van der Waals surface area contributed by atoms with E-state index in [0.717, 1.165) is 36.9 Å². The van der Waals surface area contributed by atoms with E-state index in [1.807, 2.05) is 39.3 Å².